The zero-order chi connectivity index (χ0) is 47.9. The summed E-state index contributed by atoms with van der Waals surface area (Å²) in [5.74, 6) is -4.36. The first-order chi connectivity index (χ1) is 31.8. The molecule has 2 saturated heterocycles. The van der Waals surface area contributed by atoms with Crippen LogP contribution in [0.5, 0.6) is 0 Å². The second-order valence-corrected chi connectivity index (χ2v) is 23.9. The summed E-state index contributed by atoms with van der Waals surface area (Å²) in [6, 6.07) is -0.496. The molecule has 16 nitrogen and oxygen atoms in total. The van der Waals surface area contributed by atoms with Crippen molar-refractivity contribution in [2.45, 2.75) is 154 Å². The third kappa shape index (κ3) is 6.09. The molecule has 9 aliphatic rings. The van der Waals surface area contributed by atoms with Gasteiger partial charge in [0, 0.05) is 53.1 Å². The minimum absolute atomic E-state index is 0.0124. The number of rotatable bonds is 12. The van der Waals surface area contributed by atoms with Gasteiger partial charge in [-0.05, 0) is 123 Å². The molecule has 1 amide bonds. The van der Waals surface area contributed by atoms with Crippen LogP contribution in [0, 0.1) is 73.4 Å². The van der Waals surface area contributed by atoms with Gasteiger partial charge in [0.05, 0.1) is 49.7 Å². The van der Waals surface area contributed by atoms with E-state index >= 15 is 0 Å². The summed E-state index contributed by atoms with van der Waals surface area (Å²) in [6.07, 6.45) is 7.42. The molecule has 1 aromatic rings. The first-order valence-electron chi connectivity index (χ1n) is 25.3. The number of nitrogens with zero attached hydrogens (tertiary/aromatic N) is 1. The summed E-state index contributed by atoms with van der Waals surface area (Å²) in [7, 11) is 0. The third-order valence-electron chi connectivity index (χ3n) is 21.8. The molecule has 21 atom stereocenters. The highest BCUT2D eigenvalue weighted by Crippen LogP contribution is 2.87. The summed E-state index contributed by atoms with van der Waals surface area (Å²) >= 11 is 0. The molecule has 2 aliphatic heterocycles. The summed E-state index contributed by atoms with van der Waals surface area (Å²) in [4.78, 5) is 35.6. The van der Waals surface area contributed by atoms with Gasteiger partial charge in [0.1, 0.15) is 18.3 Å². The average molecular weight is 937 g/mol. The number of carbonyl (C=O) groups excluding carboxylic acids is 1. The lowest BCUT2D eigenvalue weighted by atomic mass is 9.22. The Hall–Kier alpha value is -2.77. The van der Waals surface area contributed by atoms with Crippen LogP contribution in [0.3, 0.4) is 0 Å². The van der Waals surface area contributed by atoms with Gasteiger partial charge >= 0.3 is 5.97 Å². The number of ether oxygens (including phenoxy) is 2. The third-order valence-corrected chi connectivity index (χ3v) is 21.8. The van der Waals surface area contributed by atoms with E-state index in [1.54, 1.807) is 12.5 Å². The number of aromatic nitrogens is 2. The Morgan fingerprint density at radius 3 is 2.43 bits per heavy atom. The van der Waals surface area contributed by atoms with E-state index < -0.39 is 112 Å². The summed E-state index contributed by atoms with van der Waals surface area (Å²) in [5, 5.41) is 94.6. The number of nitrogens with two attached hydrogens (primary N) is 1. The van der Waals surface area contributed by atoms with E-state index in [2.05, 4.69) is 48.2 Å². The van der Waals surface area contributed by atoms with Crippen molar-refractivity contribution in [1.82, 2.24) is 15.3 Å². The van der Waals surface area contributed by atoms with E-state index in [1.165, 1.54) is 11.1 Å². The predicted molar refractivity (Wildman–Crippen MR) is 242 cm³/mol. The topological polar surface area (TPSA) is 281 Å². The largest absolute Gasteiger partial charge is 0.481 e. The van der Waals surface area contributed by atoms with Gasteiger partial charge in [0.15, 0.2) is 6.29 Å². The molecule has 372 valence electrons. The number of hydrogen-bond acceptors (Lipinski definition) is 13. The van der Waals surface area contributed by atoms with Crippen molar-refractivity contribution in [1.29, 1.82) is 0 Å². The number of carboxylic acids is 1. The number of aromatic amines is 1. The Bertz CT molecular complexity index is 2160. The van der Waals surface area contributed by atoms with Gasteiger partial charge in [-0.3, -0.25) is 9.59 Å². The average Bonchev–Trinajstić information content (AvgIpc) is 3.96. The zero-order valence-electron chi connectivity index (χ0n) is 39.6. The van der Waals surface area contributed by atoms with E-state index in [4.69, 9.17) is 15.2 Å². The van der Waals surface area contributed by atoms with Crippen LogP contribution in [0.1, 0.15) is 116 Å². The van der Waals surface area contributed by atoms with Crippen molar-refractivity contribution in [2.24, 2.45) is 79.1 Å². The van der Waals surface area contributed by atoms with E-state index in [1.807, 2.05) is 6.92 Å². The summed E-state index contributed by atoms with van der Waals surface area (Å²) < 4.78 is 12.6. The maximum Gasteiger partial charge on any atom is 0.310 e. The molecule has 10 rings (SSSR count). The molecule has 0 aromatic carbocycles. The number of carboxylic acid groups (broad SMARTS) is 1. The Morgan fingerprint density at radius 1 is 1.00 bits per heavy atom. The minimum atomic E-state index is -1.65. The van der Waals surface area contributed by atoms with Gasteiger partial charge in [0.2, 0.25) is 5.91 Å². The number of aliphatic hydroxyl groups excluding tert-OH is 7. The lowest BCUT2D eigenvalue weighted by molar-refractivity contribution is -0.358. The van der Waals surface area contributed by atoms with Crippen LogP contribution in [0.15, 0.2) is 35.8 Å². The highest BCUT2D eigenvalue weighted by Gasteiger charge is 2.83. The SMILES string of the molecule is C[C@]1(CO)CC[C@]2(C(=O)O)CC[C@@]34CCC5=C[C@H]([C@@H]6[C@H]([C@H](CCCN)c7cnc[nH]7)NC(=O)[C@@H]6CO)[C@H]6[C@@H](O)[C@@H](O[C@@H]7OC[C@@H](O)[C@H](O)[C@H]7O)[C@@](C)(CO)[C@H]7CC[C@]3(C)[C@]5(CC=C4[C@@H]2C1)[C@@]67C. The van der Waals surface area contributed by atoms with Crippen LogP contribution >= 0.6 is 0 Å². The summed E-state index contributed by atoms with van der Waals surface area (Å²) in [5.41, 5.74) is 4.75. The first kappa shape index (κ1) is 47.9. The van der Waals surface area contributed by atoms with Crippen LogP contribution in [0.25, 0.3) is 0 Å². The second kappa shape index (κ2) is 16.4. The smallest absolute Gasteiger partial charge is 0.310 e. The predicted octanol–water partition coefficient (Wildman–Crippen LogP) is 2.51. The monoisotopic (exact) mass is 937 g/mol. The van der Waals surface area contributed by atoms with Crippen molar-refractivity contribution in [3.05, 3.63) is 41.5 Å². The fraction of sp³-hybridized carbons (Fsp3) is 0.824. The molecular formula is C51H76N4O12. The lowest BCUT2D eigenvalue weighted by Gasteiger charge is -2.82. The van der Waals surface area contributed by atoms with Crippen LogP contribution in [-0.4, -0.2) is 139 Å². The number of fused-ring (bicyclic) bond motifs is 2. The molecule has 5 saturated carbocycles. The van der Waals surface area contributed by atoms with Gasteiger partial charge in [0.25, 0.3) is 0 Å². The van der Waals surface area contributed by atoms with Crippen molar-refractivity contribution < 1.29 is 59.9 Å². The van der Waals surface area contributed by atoms with E-state index in [-0.39, 0.29) is 48.9 Å². The maximum absolute atomic E-state index is 14.3. The first-order valence-corrected chi connectivity index (χ1v) is 25.3. The Morgan fingerprint density at radius 2 is 1.76 bits per heavy atom. The normalized spacial score (nSPS) is 51.3. The van der Waals surface area contributed by atoms with Crippen LogP contribution < -0.4 is 11.1 Å². The molecule has 2 bridgehead atoms. The number of aliphatic hydroxyl groups is 7. The lowest BCUT2D eigenvalue weighted by Crippen LogP contribution is -2.79. The van der Waals surface area contributed by atoms with E-state index in [9.17, 15) is 50.4 Å². The Balaban J connectivity index is 1.19. The number of H-pyrrole nitrogens is 1. The van der Waals surface area contributed by atoms with Crippen molar-refractivity contribution in [3.8, 4) is 0 Å². The molecule has 16 heteroatoms. The number of carbonyl (C=O) groups is 2. The van der Waals surface area contributed by atoms with Crippen LogP contribution in [0.2, 0.25) is 0 Å². The van der Waals surface area contributed by atoms with Crippen LogP contribution in [0.4, 0.5) is 0 Å². The molecule has 2 spiro atoms. The minimum Gasteiger partial charge on any atom is -0.481 e. The molecule has 67 heavy (non-hydrogen) atoms. The van der Waals surface area contributed by atoms with Gasteiger partial charge in [-0.1, -0.05) is 51.0 Å². The van der Waals surface area contributed by atoms with Gasteiger partial charge in [-0.15, -0.1) is 0 Å². The van der Waals surface area contributed by atoms with E-state index in [0.29, 0.717) is 64.3 Å². The molecule has 0 unspecified atom stereocenters. The Kier molecular flexibility index (Phi) is 11.7. The molecule has 7 aliphatic carbocycles. The number of hydrogen-bond donors (Lipinski definition) is 11. The number of imidazole rings is 1. The van der Waals surface area contributed by atoms with Crippen molar-refractivity contribution in [3.63, 3.8) is 0 Å². The molecule has 12 N–H and O–H groups in total. The molecular weight excluding hydrogens is 861 g/mol. The van der Waals surface area contributed by atoms with Crippen LogP contribution in [-0.2, 0) is 19.1 Å². The highest BCUT2D eigenvalue weighted by molar-refractivity contribution is 5.82. The molecule has 0 radical (unpaired) electrons. The molecule has 3 heterocycles. The number of amides is 1. The van der Waals surface area contributed by atoms with E-state index in [0.717, 1.165) is 25.0 Å². The number of allylic oxidation sites excluding steroid dienone is 4. The van der Waals surface area contributed by atoms with Crippen molar-refractivity contribution in [2.75, 3.05) is 33.0 Å². The molecule has 1 aromatic heterocycles. The number of aliphatic carboxylic acids is 1. The Labute approximate surface area is 393 Å². The quantitative estimate of drug-likeness (QED) is 0.106. The molecule has 7 fully saturated rings. The standard InChI is InChI=1S/C51H76N4O12/c1-45(23-57)13-14-49(44(64)65)15-16-50-11-7-26-18-28(35-29(21-56)42(63)55-37(35)27(6-5-17-52)32-20-53-25-54-32)36-39(61)41(67-43-40(62)38(60)33(59)22-66-43)46(2,24-58)34-9-10-47(50,3)51(26,48(34,36)4)12-8-30(50)31(49)19-45/h8,18,20,25,27-29,31,33-41,43,56-62H,5-7,9-17,19,21-24,52H2,1-4H3,(H,53,54)(H,55,63)(H,64,65)/t27-,28-,29-,31+,33-,34-,35+,36+,37+,38+,39-,40-,41-,43+,45+,46+,47+,48-,49+,50-,51-/m1/s1. The maximum atomic E-state index is 14.3. The van der Waals surface area contributed by atoms with Gasteiger partial charge in [-0.25, -0.2) is 4.98 Å². The summed E-state index contributed by atoms with van der Waals surface area (Å²) in [6.45, 7) is 8.08. The zero-order valence-corrected chi connectivity index (χ0v) is 39.6. The fourth-order valence-electron chi connectivity index (χ4n) is 18.6. The van der Waals surface area contributed by atoms with Gasteiger partial charge in [-0.2, -0.15) is 0 Å². The number of nitrogens with one attached hydrogen (secondary N) is 2. The van der Waals surface area contributed by atoms with Crippen molar-refractivity contribution >= 4 is 11.9 Å². The van der Waals surface area contributed by atoms with Gasteiger partial charge < -0.3 is 66.4 Å². The second-order valence-electron chi connectivity index (χ2n) is 23.9. The fourth-order valence-corrected chi connectivity index (χ4v) is 18.6. The highest BCUT2D eigenvalue weighted by atomic mass is 16.7.